The highest BCUT2D eigenvalue weighted by Gasteiger charge is 2.18. The Balaban J connectivity index is 2.16. The summed E-state index contributed by atoms with van der Waals surface area (Å²) in [5.41, 5.74) is 0. The first-order valence-corrected chi connectivity index (χ1v) is 6.09. The van der Waals surface area contributed by atoms with Crippen molar-refractivity contribution in [2.24, 2.45) is 0 Å². The molecule has 0 aliphatic carbocycles. The van der Waals surface area contributed by atoms with E-state index < -0.39 is 6.03 Å². The van der Waals surface area contributed by atoms with Crippen LogP contribution >= 0.6 is 11.6 Å². The van der Waals surface area contributed by atoms with Gasteiger partial charge in [0.25, 0.3) is 0 Å². The van der Waals surface area contributed by atoms with E-state index >= 15 is 0 Å². The Hall–Kier alpha value is -0.850. The molecule has 1 atom stereocenters. The lowest BCUT2D eigenvalue weighted by Crippen LogP contribution is -2.48. The number of nitrogens with one attached hydrogen (secondary N) is 2. The van der Waals surface area contributed by atoms with E-state index in [0.717, 1.165) is 13.1 Å². The van der Waals surface area contributed by atoms with Crippen molar-refractivity contribution < 1.29 is 14.3 Å². The molecule has 17 heavy (non-hydrogen) atoms. The van der Waals surface area contributed by atoms with Crippen molar-refractivity contribution in [2.45, 2.75) is 12.5 Å². The molecule has 1 unspecified atom stereocenters. The molecule has 6 nitrogen and oxygen atoms in total. The molecule has 0 bridgehead atoms. The quantitative estimate of drug-likeness (QED) is 0.688. The van der Waals surface area contributed by atoms with E-state index in [9.17, 15) is 9.59 Å². The third kappa shape index (κ3) is 5.86. The van der Waals surface area contributed by atoms with Gasteiger partial charge < -0.3 is 15.0 Å². The standard InChI is InChI=1S/C10H18ClN3O3/c1-14-4-5-17-8(7-14)6-12-10(16)13-9(15)2-3-11/h8H,2-7H2,1H3,(H2,12,13,15,16). The van der Waals surface area contributed by atoms with Crippen LogP contribution in [0.5, 0.6) is 0 Å². The van der Waals surface area contributed by atoms with E-state index in [-0.39, 0.29) is 24.3 Å². The Morgan fingerprint density at radius 1 is 1.53 bits per heavy atom. The monoisotopic (exact) mass is 263 g/mol. The number of amides is 3. The van der Waals surface area contributed by atoms with E-state index in [1.165, 1.54) is 0 Å². The van der Waals surface area contributed by atoms with Crippen molar-refractivity contribution in [3.63, 3.8) is 0 Å². The van der Waals surface area contributed by atoms with Gasteiger partial charge in [0.15, 0.2) is 0 Å². The summed E-state index contributed by atoms with van der Waals surface area (Å²) in [6, 6.07) is -0.503. The molecule has 7 heteroatoms. The highest BCUT2D eigenvalue weighted by atomic mass is 35.5. The normalized spacial score (nSPS) is 20.9. The lowest BCUT2D eigenvalue weighted by Gasteiger charge is -2.30. The van der Waals surface area contributed by atoms with Crippen LogP contribution in [0.25, 0.3) is 0 Å². The zero-order chi connectivity index (χ0) is 12.7. The number of carbonyl (C=O) groups is 2. The van der Waals surface area contributed by atoms with Crippen LogP contribution in [0.4, 0.5) is 4.79 Å². The molecule has 3 amide bonds. The molecule has 1 saturated heterocycles. The largest absolute Gasteiger partial charge is 0.374 e. The number of ether oxygens (including phenoxy) is 1. The summed E-state index contributed by atoms with van der Waals surface area (Å²) in [4.78, 5) is 24.5. The predicted octanol–water partition coefficient (Wildman–Crippen LogP) is -0.228. The fourth-order valence-corrected chi connectivity index (χ4v) is 1.69. The Kier molecular flexibility index (Phi) is 6.25. The zero-order valence-electron chi connectivity index (χ0n) is 9.87. The minimum Gasteiger partial charge on any atom is -0.374 e. The third-order valence-electron chi connectivity index (χ3n) is 2.41. The van der Waals surface area contributed by atoms with E-state index in [1.54, 1.807) is 0 Å². The molecule has 0 aromatic rings. The van der Waals surface area contributed by atoms with Crippen LogP contribution in [0.1, 0.15) is 6.42 Å². The van der Waals surface area contributed by atoms with Crippen molar-refractivity contribution >= 4 is 23.5 Å². The molecule has 1 rings (SSSR count). The molecule has 1 fully saturated rings. The number of imide groups is 1. The van der Waals surface area contributed by atoms with Crippen LogP contribution in [0, 0.1) is 0 Å². The van der Waals surface area contributed by atoms with Gasteiger partial charge in [-0.3, -0.25) is 10.1 Å². The van der Waals surface area contributed by atoms with Gasteiger partial charge in [-0.1, -0.05) is 0 Å². The predicted molar refractivity (Wildman–Crippen MR) is 64.1 cm³/mol. The van der Waals surface area contributed by atoms with Gasteiger partial charge in [0, 0.05) is 31.9 Å². The Morgan fingerprint density at radius 2 is 2.29 bits per heavy atom. The minimum absolute atomic E-state index is 0.0253. The summed E-state index contributed by atoms with van der Waals surface area (Å²) in [6.07, 6.45) is 0.111. The zero-order valence-corrected chi connectivity index (χ0v) is 10.6. The molecule has 0 aromatic heterocycles. The maximum atomic E-state index is 11.3. The van der Waals surface area contributed by atoms with Crippen LogP contribution in [0.3, 0.4) is 0 Å². The molecule has 1 heterocycles. The highest BCUT2D eigenvalue weighted by Crippen LogP contribution is 2.01. The minimum atomic E-state index is -0.503. The maximum absolute atomic E-state index is 11.3. The van der Waals surface area contributed by atoms with Crippen molar-refractivity contribution in [3.05, 3.63) is 0 Å². The smallest absolute Gasteiger partial charge is 0.321 e. The topological polar surface area (TPSA) is 70.7 Å². The maximum Gasteiger partial charge on any atom is 0.321 e. The Morgan fingerprint density at radius 3 is 2.94 bits per heavy atom. The fourth-order valence-electron chi connectivity index (χ4n) is 1.52. The first kappa shape index (κ1) is 14.2. The molecule has 2 N–H and O–H groups in total. The molecule has 0 radical (unpaired) electrons. The van der Waals surface area contributed by atoms with Crippen LogP contribution in [-0.4, -0.2) is 62.1 Å². The van der Waals surface area contributed by atoms with Crippen molar-refractivity contribution in [2.75, 3.05) is 39.2 Å². The number of hydrogen-bond acceptors (Lipinski definition) is 4. The fraction of sp³-hybridized carbons (Fsp3) is 0.800. The van der Waals surface area contributed by atoms with E-state index in [2.05, 4.69) is 15.5 Å². The molecule has 0 aromatic carbocycles. The molecular weight excluding hydrogens is 246 g/mol. The van der Waals surface area contributed by atoms with Gasteiger partial charge in [0.1, 0.15) is 0 Å². The van der Waals surface area contributed by atoms with E-state index in [0.29, 0.717) is 13.2 Å². The summed E-state index contributed by atoms with van der Waals surface area (Å²) in [5.74, 6) is -0.172. The second kappa shape index (κ2) is 7.47. The van der Waals surface area contributed by atoms with Gasteiger partial charge in [-0.25, -0.2) is 4.79 Å². The number of rotatable bonds is 4. The van der Waals surface area contributed by atoms with Gasteiger partial charge in [0.2, 0.25) is 5.91 Å². The number of halogens is 1. The SMILES string of the molecule is CN1CCOC(CNC(=O)NC(=O)CCCl)C1. The molecule has 1 aliphatic rings. The number of urea groups is 1. The highest BCUT2D eigenvalue weighted by molar-refractivity contribution is 6.19. The van der Waals surface area contributed by atoms with Gasteiger partial charge in [-0.15, -0.1) is 11.6 Å². The first-order valence-electron chi connectivity index (χ1n) is 5.55. The van der Waals surface area contributed by atoms with Gasteiger partial charge in [-0.2, -0.15) is 0 Å². The average Bonchev–Trinajstić information content (AvgIpc) is 2.27. The summed E-state index contributed by atoms with van der Waals surface area (Å²) < 4.78 is 5.46. The second-order valence-corrected chi connectivity index (χ2v) is 4.33. The van der Waals surface area contributed by atoms with Crippen molar-refractivity contribution in [1.82, 2.24) is 15.5 Å². The Bertz CT molecular complexity index is 276. The van der Waals surface area contributed by atoms with Crippen LogP contribution in [-0.2, 0) is 9.53 Å². The Labute approximate surface area is 106 Å². The summed E-state index contributed by atoms with van der Waals surface area (Å²) in [6.45, 7) is 2.73. The van der Waals surface area contributed by atoms with Gasteiger partial charge in [-0.05, 0) is 7.05 Å². The van der Waals surface area contributed by atoms with Crippen LogP contribution in [0.2, 0.25) is 0 Å². The lowest BCUT2D eigenvalue weighted by atomic mass is 10.3. The van der Waals surface area contributed by atoms with E-state index in [4.69, 9.17) is 16.3 Å². The van der Waals surface area contributed by atoms with Crippen LogP contribution < -0.4 is 10.6 Å². The number of likely N-dealkylation sites (N-methyl/N-ethyl adjacent to an activating group) is 1. The first-order chi connectivity index (χ1) is 8.11. The number of alkyl halides is 1. The lowest BCUT2D eigenvalue weighted by molar-refractivity contribution is -0.119. The van der Waals surface area contributed by atoms with Crippen molar-refractivity contribution in [3.8, 4) is 0 Å². The van der Waals surface area contributed by atoms with Crippen molar-refractivity contribution in [1.29, 1.82) is 0 Å². The summed E-state index contributed by atoms with van der Waals surface area (Å²) in [7, 11) is 2.00. The molecular formula is C10H18ClN3O3. The van der Waals surface area contributed by atoms with Gasteiger partial charge in [0.05, 0.1) is 12.7 Å². The number of nitrogens with zero attached hydrogens (tertiary/aromatic N) is 1. The molecule has 0 spiro atoms. The third-order valence-corrected chi connectivity index (χ3v) is 2.60. The second-order valence-electron chi connectivity index (χ2n) is 3.95. The molecule has 1 aliphatic heterocycles. The number of carbonyl (C=O) groups excluding carboxylic acids is 2. The number of morpholine rings is 1. The average molecular weight is 264 g/mol. The number of hydrogen-bond donors (Lipinski definition) is 2. The van der Waals surface area contributed by atoms with Gasteiger partial charge >= 0.3 is 6.03 Å². The molecule has 98 valence electrons. The van der Waals surface area contributed by atoms with Crippen LogP contribution in [0.15, 0.2) is 0 Å². The summed E-state index contributed by atoms with van der Waals surface area (Å²) in [5, 5.41) is 4.79. The molecule has 0 saturated carbocycles. The van der Waals surface area contributed by atoms with E-state index in [1.807, 2.05) is 7.05 Å². The summed E-state index contributed by atoms with van der Waals surface area (Å²) >= 11 is 5.38.